The van der Waals surface area contributed by atoms with Crippen molar-refractivity contribution in [2.75, 3.05) is 13.1 Å². The third-order valence-electron chi connectivity index (χ3n) is 2.57. The van der Waals surface area contributed by atoms with Crippen LogP contribution in [0.2, 0.25) is 0 Å². The molecule has 0 radical (unpaired) electrons. The van der Waals surface area contributed by atoms with Crippen LogP contribution in [0.25, 0.3) is 5.53 Å². The first-order valence-corrected chi connectivity index (χ1v) is 5.07. The molecule has 0 aliphatic heterocycles. The molecule has 14 heavy (non-hydrogen) atoms. The largest absolute Gasteiger partial charge is 0.372 e. The van der Waals surface area contributed by atoms with Gasteiger partial charge in [0.25, 0.3) is 5.71 Å². The average molecular weight is 191 g/mol. The second-order valence-electron chi connectivity index (χ2n) is 3.38. The molecule has 0 spiro atoms. The van der Waals surface area contributed by atoms with Crippen molar-refractivity contribution >= 4 is 5.71 Å². The minimum absolute atomic E-state index is 0.727. The lowest BCUT2D eigenvalue weighted by molar-refractivity contribution is -0.00653. The fourth-order valence-electron chi connectivity index (χ4n) is 1.66. The summed E-state index contributed by atoms with van der Waals surface area (Å²) >= 11 is 0. The molecule has 0 bridgehead atoms. The third-order valence-corrected chi connectivity index (χ3v) is 2.57. The molecule has 3 nitrogen and oxygen atoms in total. The summed E-state index contributed by atoms with van der Waals surface area (Å²) in [7, 11) is 0. The highest BCUT2D eigenvalue weighted by Crippen LogP contribution is 2.16. The molecule has 0 fully saturated rings. The van der Waals surface area contributed by atoms with Crippen molar-refractivity contribution in [2.45, 2.75) is 27.2 Å². The highest BCUT2D eigenvalue weighted by Gasteiger charge is 2.16. The fourth-order valence-corrected chi connectivity index (χ4v) is 1.66. The summed E-state index contributed by atoms with van der Waals surface area (Å²) in [6, 6.07) is 0. The van der Waals surface area contributed by atoms with Gasteiger partial charge < -0.3 is 10.4 Å². The first kappa shape index (κ1) is 10.7. The van der Waals surface area contributed by atoms with Crippen LogP contribution in [0.5, 0.6) is 0 Å². The van der Waals surface area contributed by atoms with Crippen LogP contribution in [0, 0.1) is 0 Å². The van der Waals surface area contributed by atoms with Gasteiger partial charge >= 0.3 is 0 Å². The lowest BCUT2D eigenvalue weighted by atomic mass is 10.0. The zero-order valence-electron chi connectivity index (χ0n) is 9.12. The van der Waals surface area contributed by atoms with Crippen molar-refractivity contribution < 1.29 is 4.79 Å². The van der Waals surface area contributed by atoms with E-state index < -0.39 is 0 Å². The lowest BCUT2D eigenvalue weighted by Gasteiger charge is -2.23. The predicted molar refractivity (Wildman–Crippen MR) is 58.0 cm³/mol. The maximum atomic E-state index is 8.70. The van der Waals surface area contributed by atoms with Gasteiger partial charge in [-0.15, -0.1) is 0 Å². The van der Waals surface area contributed by atoms with Gasteiger partial charge in [0.05, 0.1) is 6.42 Å². The van der Waals surface area contributed by atoms with E-state index in [4.69, 9.17) is 5.53 Å². The molecule has 76 valence electrons. The van der Waals surface area contributed by atoms with E-state index in [1.807, 2.05) is 6.92 Å². The van der Waals surface area contributed by atoms with Crippen molar-refractivity contribution in [3.8, 4) is 0 Å². The second-order valence-corrected chi connectivity index (χ2v) is 3.38. The van der Waals surface area contributed by atoms with Gasteiger partial charge in [0, 0.05) is 24.4 Å². The predicted octanol–water partition coefficient (Wildman–Crippen LogP) is 2.23. The van der Waals surface area contributed by atoms with E-state index in [1.54, 1.807) is 0 Å². The molecule has 0 saturated heterocycles. The highest BCUT2D eigenvalue weighted by atomic mass is 15.1. The standard InChI is InChI=1S/C11H17N3/c1-4-14(5-2)10-6-7-11(13-12)9(3)8-10/h6,8H,4-5,7H2,1-3H3. The van der Waals surface area contributed by atoms with Gasteiger partial charge in [-0.2, -0.15) is 4.79 Å². The van der Waals surface area contributed by atoms with Gasteiger partial charge in [-0.25, -0.2) is 0 Å². The third kappa shape index (κ3) is 2.12. The van der Waals surface area contributed by atoms with Gasteiger partial charge in [-0.05, 0) is 32.9 Å². The first-order chi connectivity index (χ1) is 6.72. The van der Waals surface area contributed by atoms with Crippen LogP contribution in [-0.4, -0.2) is 28.5 Å². The van der Waals surface area contributed by atoms with E-state index in [2.05, 4.69) is 35.7 Å². The van der Waals surface area contributed by atoms with Crippen LogP contribution in [0.3, 0.4) is 0 Å². The molecular weight excluding hydrogens is 174 g/mol. The number of likely N-dealkylation sites (N-methyl/N-ethyl adjacent to an activating group) is 1. The van der Waals surface area contributed by atoms with Gasteiger partial charge in [0.1, 0.15) is 0 Å². The molecule has 0 aromatic carbocycles. The lowest BCUT2D eigenvalue weighted by Crippen LogP contribution is -2.23. The summed E-state index contributed by atoms with van der Waals surface area (Å²) in [6.45, 7) is 8.29. The molecule has 1 rings (SSSR count). The Labute approximate surface area is 85.3 Å². The fraction of sp³-hybridized carbons (Fsp3) is 0.545. The van der Waals surface area contributed by atoms with E-state index >= 15 is 0 Å². The summed E-state index contributed by atoms with van der Waals surface area (Å²) in [5, 5.41) is 0. The molecule has 3 heteroatoms. The molecule has 1 aliphatic rings. The molecule has 0 atom stereocenters. The SMILES string of the molecule is CCN(CC)C1=CCC(=[N+]=[N-])C(C)=C1. The van der Waals surface area contributed by atoms with Crippen molar-refractivity contribution in [3.05, 3.63) is 29.0 Å². The topological polar surface area (TPSA) is 39.6 Å². The summed E-state index contributed by atoms with van der Waals surface area (Å²) < 4.78 is 0. The van der Waals surface area contributed by atoms with E-state index in [0.29, 0.717) is 0 Å². The smallest absolute Gasteiger partial charge is 0.298 e. The molecular formula is C11H17N3. The Hall–Kier alpha value is -1.34. The minimum atomic E-state index is 0.727. The maximum absolute atomic E-state index is 8.70. The van der Waals surface area contributed by atoms with E-state index in [9.17, 15) is 0 Å². The Bertz CT molecular complexity index is 315. The molecule has 0 heterocycles. The van der Waals surface area contributed by atoms with Crippen molar-refractivity contribution in [3.63, 3.8) is 0 Å². The normalized spacial score (nSPS) is 15.8. The first-order valence-electron chi connectivity index (χ1n) is 5.07. The Balaban J connectivity index is 2.87. The van der Waals surface area contributed by atoms with Crippen LogP contribution in [0.1, 0.15) is 27.2 Å². The minimum Gasteiger partial charge on any atom is -0.372 e. The molecule has 0 unspecified atom stereocenters. The van der Waals surface area contributed by atoms with Gasteiger partial charge in [0.15, 0.2) is 0 Å². The molecule has 0 amide bonds. The average Bonchev–Trinajstić information content (AvgIpc) is 2.20. The summed E-state index contributed by atoms with van der Waals surface area (Å²) in [6.07, 6.45) is 4.91. The summed E-state index contributed by atoms with van der Waals surface area (Å²) in [4.78, 5) is 5.55. The Morgan fingerprint density at radius 1 is 1.43 bits per heavy atom. The van der Waals surface area contributed by atoms with Gasteiger partial charge in [-0.3, -0.25) is 0 Å². The molecule has 1 aliphatic carbocycles. The quantitative estimate of drug-likeness (QED) is 0.498. The Morgan fingerprint density at radius 3 is 2.50 bits per heavy atom. The van der Waals surface area contributed by atoms with E-state index in [0.717, 1.165) is 30.8 Å². The zero-order chi connectivity index (χ0) is 10.6. The Kier molecular flexibility index (Phi) is 3.66. The van der Waals surface area contributed by atoms with Crippen molar-refractivity contribution in [1.82, 2.24) is 4.90 Å². The molecule has 0 aromatic heterocycles. The zero-order valence-corrected chi connectivity index (χ0v) is 9.12. The highest BCUT2D eigenvalue weighted by molar-refractivity contribution is 5.97. The number of hydrogen-bond acceptors (Lipinski definition) is 1. The molecule has 0 aromatic rings. The van der Waals surface area contributed by atoms with Crippen LogP contribution < -0.4 is 0 Å². The molecule has 0 saturated carbocycles. The number of nitrogens with zero attached hydrogens (tertiary/aromatic N) is 3. The van der Waals surface area contributed by atoms with Gasteiger partial charge in [-0.1, -0.05) is 0 Å². The second kappa shape index (κ2) is 4.77. The monoisotopic (exact) mass is 191 g/mol. The van der Waals surface area contributed by atoms with Crippen molar-refractivity contribution in [1.29, 1.82) is 0 Å². The van der Waals surface area contributed by atoms with Crippen LogP contribution >= 0.6 is 0 Å². The van der Waals surface area contributed by atoms with E-state index in [1.165, 1.54) is 5.70 Å². The van der Waals surface area contributed by atoms with Gasteiger partial charge in [0.2, 0.25) is 0 Å². The van der Waals surface area contributed by atoms with Crippen LogP contribution in [-0.2, 0) is 0 Å². The van der Waals surface area contributed by atoms with E-state index in [-0.39, 0.29) is 0 Å². The number of rotatable bonds is 3. The van der Waals surface area contributed by atoms with Crippen molar-refractivity contribution in [2.24, 2.45) is 0 Å². The number of hydrogen-bond donors (Lipinski definition) is 0. The maximum Gasteiger partial charge on any atom is 0.298 e. The van der Waals surface area contributed by atoms with Crippen LogP contribution in [0.4, 0.5) is 0 Å². The van der Waals surface area contributed by atoms with Crippen LogP contribution in [0.15, 0.2) is 23.4 Å². The Morgan fingerprint density at radius 2 is 2.07 bits per heavy atom. The number of allylic oxidation sites excluding steroid dienone is 3. The molecule has 0 N–H and O–H groups in total. The summed E-state index contributed by atoms with van der Waals surface area (Å²) in [5.74, 6) is 0. The summed E-state index contributed by atoms with van der Waals surface area (Å²) in [5.41, 5.74) is 11.8.